The van der Waals surface area contributed by atoms with Crippen molar-refractivity contribution in [1.29, 1.82) is 0 Å². The molecule has 5 rings (SSSR count). The molecule has 0 saturated carbocycles. The van der Waals surface area contributed by atoms with Crippen LogP contribution in [0.15, 0.2) is 72.8 Å². The van der Waals surface area contributed by atoms with Gasteiger partial charge in [0.2, 0.25) is 0 Å². The van der Waals surface area contributed by atoms with Crippen LogP contribution in [0, 0.1) is 0 Å². The number of alkyl halides is 3. The van der Waals surface area contributed by atoms with Crippen molar-refractivity contribution in [3.05, 3.63) is 94.8 Å². The Kier molecular flexibility index (Phi) is 4.66. The van der Waals surface area contributed by atoms with Crippen molar-refractivity contribution in [2.45, 2.75) is 13.1 Å². The summed E-state index contributed by atoms with van der Waals surface area (Å²) in [6.07, 6.45) is -2.55. The summed E-state index contributed by atoms with van der Waals surface area (Å²) in [6.45, 7) is 1.80. The van der Waals surface area contributed by atoms with Gasteiger partial charge in [0.25, 0.3) is 0 Å². The first kappa shape index (κ1) is 20.1. The van der Waals surface area contributed by atoms with E-state index in [-0.39, 0.29) is 17.6 Å². The van der Waals surface area contributed by atoms with E-state index in [0.717, 1.165) is 33.8 Å². The van der Waals surface area contributed by atoms with Crippen molar-refractivity contribution < 1.29 is 22.7 Å². The van der Waals surface area contributed by atoms with Gasteiger partial charge in [-0.1, -0.05) is 54.6 Å². The summed E-state index contributed by atoms with van der Waals surface area (Å²) in [5.41, 5.74) is 1.36. The summed E-state index contributed by atoms with van der Waals surface area (Å²) in [5.74, 6) is -0.638. The van der Waals surface area contributed by atoms with E-state index in [4.69, 9.17) is 4.74 Å². The highest BCUT2D eigenvalue weighted by atomic mass is 19.4. The lowest BCUT2D eigenvalue weighted by atomic mass is 10.1. The van der Waals surface area contributed by atoms with Gasteiger partial charge in [-0.25, -0.2) is 4.79 Å². The van der Waals surface area contributed by atoms with Crippen LogP contribution < -0.4 is 5.35 Å². The quantitative estimate of drug-likeness (QED) is 0.327. The van der Waals surface area contributed by atoms with E-state index in [9.17, 15) is 18.0 Å². The van der Waals surface area contributed by atoms with Crippen LogP contribution in [0.4, 0.5) is 13.2 Å². The third-order valence-corrected chi connectivity index (χ3v) is 5.58. The third kappa shape index (κ3) is 3.11. The number of hydrogen-bond acceptors (Lipinski definition) is 2. The second-order valence-electron chi connectivity index (χ2n) is 7.50. The molecule has 0 atom stereocenters. The van der Waals surface area contributed by atoms with Gasteiger partial charge in [0.15, 0.2) is 0 Å². The van der Waals surface area contributed by atoms with Gasteiger partial charge < -0.3 is 9.14 Å². The smallest absolute Gasteiger partial charge is 0.416 e. The number of esters is 1. The molecule has 0 fully saturated rings. The Balaban J connectivity index is 2.00. The van der Waals surface area contributed by atoms with Crippen molar-refractivity contribution in [3.63, 3.8) is 0 Å². The van der Waals surface area contributed by atoms with E-state index in [0.29, 0.717) is 11.0 Å². The summed E-state index contributed by atoms with van der Waals surface area (Å²) >= 11 is 0. The Hall–Kier alpha value is -3.80. The third-order valence-electron chi connectivity index (χ3n) is 5.58. The minimum absolute atomic E-state index is 0.123. The molecule has 6 heteroatoms. The maximum Gasteiger partial charge on any atom is 0.416 e. The average Bonchev–Trinajstić information content (AvgIpc) is 3.27. The number of hydrogen-bond donors (Lipinski definition) is 0. The molecule has 0 unspecified atom stereocenters. The van der Waals surface area contributed by atoms with Crippen molar-refractivity contribution >= 4 is 39.2 Å². The zero-order chi connectivity index (χ0) is 22.5. The van der Waals surface area contributed by atoms with Crippen molar-refractivity contribution in [1.82, 2.24) is 4.40 Å². The fourth-order valence-corrected chi connectivity index (χ4v) is 4.27. The predicted octanol–water partition coefficient (Wildman–Crippen LogP) is 5.99. The van der Waals surface area contributed by atoms with Gasteiger partial charge in [-0.2, -0.15) is 13.2 Å². The normalized spacial score (nSPS) is 12.8. The fraction of sp³-hybridized carbons (Fsp3) is 0.115. The SMILES string of the molecule is CCOC(=O)c1c2cc(C(F)(F)F)ccc2n2/c(=C\c3ccccc3)c3ccccc3c12. The zero-order valence-corrected chi connectivity index (χ0v) is 17.1. The summed E-state index contributed by atoms with van der Waals surface area (Å²) in [4.78, 5) is 13.0. The molecule has 0 aliphatic carbocycles. The summed E-state index contributed by atoms with van der Waals surface area (Å²) < 4.78 is 47.5. The molecular formula is C26H18F3NO2. The average molecular weight is 433 g/mol. The fourth-order valence-electron chi connectivity index (χ4n) is 4.27. The van der Waals surface area contributed by atoms with Crippen LogP contribution in [-0.4, -0.2) is 17.0 Å². The summed E-state index contributed by atoms with van der Waals surface area (Å²) in [6, 6.07) is 20.7. The molecule has 2 heterocycles. The molecule has 0 aliphatic rings. The van der Waals surface area contributed by atoms with Crippen molar-refractivity contribution in [2.24, 2.45) is 0 Å². The number of nitrogens with zero attached hydrogens (tertiary/aromatic N) is 1. The molecule has 2 aromatic heterocycles. The number of ether oxygens (including phenoxy) is 1. The van der Waals surface area contributed by atoms with Gasteiger partial charge in [-0.3, -0.25) is 0 Å². The lowest BCUT2D eigenvalue weighted by molar-refractivity contribution is -0.137. The van der Waals surface area contributed by atoms with E-state index < -0.39 is 17.7 Å². The van der Waals surface area contributed by atoms with Crippen LogP contribution in [0.2, 0.25) is 0 Å². The van der Waals surface area contributed by atoms with Gasteiger partial charge in [0.05, 0.1) is 34.1 Å². The molecule has 0 saturated heterocycles. The van der Waals surface area contributed by atoms with Gasteiger partial charge in [0, 0.05) is 16.2 Å². The van der Waals surface area contributed by atoms with Gasteiger partial charge >= 0.3 is 12.1 Å². The number of fused-ring (bicyclic) bond motifs is 5. The molecule has 0 spiro atoms. The van der Waals surface area contributed by atoms with Crippen molar-refractivity contribution in [3.8, 4) is 0 Å². The highest BCUT2D eigenvalue weighted by molar-refractivity contribution is 6.19. The minimum Gasteiger partial charge on any atom is -0.462 e. The number of rotatable bonds is 3. The van der Waals surface area contributed by atoms with E-state index in [2.05, 4.69) is 0 Å². The zero-order valence-electron chi connectivity index (χ0n) is 17.1. The maximum absolute atomic E-state index is 13.5. The lowest BCUT2D eigenvalue weighted by Gasteiger charge is -2.07. The van der Waals surface area contributed by atoms with E-state index >= 15 is 0 Å². The summed E-state index contributed by atoms with van der Waals surface area (Å²) in [7, 11) is 0. The Morgan fingerprint density at radius 2 is 1.62 bits per heavy atom. The first-order valence-corrected chi connectivity index (χ1v) is 10.2. The molecule has 3 nitrogen and oxygen atoms in total. The monoisotopic (exact) mass is 433 g/mol. The maximum atomic E-state index is 13.5. The molecule has 0 radical (unpaired) electrons. The highest BCUT2D eigenvalue weighted by Gasteiger charge is 2.32. The Labute approximate surface area is 181 Å². The second-order valence-corrected chi connectivity index (χ2v) is 7.50. The molecule has 0 amide bonds. The van der Waals surface area contributed by atoms with E-state index in [1.54, 1.807) is 6.92 Å². The van der Waals surface area contributed by atoms with Crippen LogP contribution in [0.3, 0.4) is 0 Å². The second kappa shape index (κ2) is 7.41. The summed E-state index contributed by atoms with van der Waals surface area (Å²) in [5, 5.41) is 2.70. The van der Waals surface area contributed by atoms with Gasteiger partial charge in [-0.15, -0.1) is 0 Å². The molecule has 3 aromatic carbocycles. The Morgan fingerprint density at radius 3 is 2.31 bits per heavy atom. The molecule has 0 aliphatic heterocycles. The van der Waals surface area contributed by atoms with Gasteiger partial charge in [0.1, 0.15) is 0 Å². The predicted molar refractivity (Wildman–Crippen MR) is 119 cm³/mol. The lowest BCUT2D eigenvalue weighted by Crippen LogP contribution is -2.09. The van der Waals surface area contributed by atoms with Crippen LogP contribution >= 0.6 is 0 Å². The van der Waals surface area contributed by atoms with Crippen LogP contribution in [0.1, 0.15) is 28.4 Å². The molecule has 0 N–H and O–H groups in total. The molecule has 5 aromatic rings. The first-order valence-electron chi connectivity index (χ1n) is 10.2. The van der Waals surface area contributed by atoms with Crippen LogP contribution in [0.25, 0.3) is 33.3 Å². The number of halogens is 3. The molecule has 0 bridgehead atoms. The number of benzene rings is 3. The van der Waals surface area contributed by atoms with Crippen LogP contribution in [0.5, 0.6) is 0 Å². The standard InChI is InChI=1S/C26H18F3NO2/c1-2-32-25(31)23-20-15-17(26(27,28)29)12-13-21(20)30-22(14-16-8-4-3-5-9-16)18-10-6-7-11-19(18)24(23)30/h3-15H,2H2,1H3/b22-14-. The van der Waals surface area contributed by atoms with Crippen molar-refractivity contribution in [2.75, 3.05) is 6.61 Å². The largest absolute Gasteiger partial charge is 0.462 e. The van der Waals surface area contributed by atoms with E-state index in [1.165, 1.54) is 6.07 Å². The molecular weight excluding hydrogens is 415 g/mol. The topological polar surface area (TPSA) is 30.7 Å². The highest BCUT2D eigenvalue weighted by Crippen LogP contribution is 2.37. The number of aromatic nitrogens is 1. The number of carbonyl (C=O) groups is 1. The van der Waals surface area contributed by atoms with E-state index in [1.807, 2.05) is 65.1 Å². The molecule has 160 valence electrons. The Morgan fingerprint density at radius 1 is 0.938 bits per heavy atom. The minimum atomic E-state index is -4.52. The van der Waals surface area contributed by atoms with Crippen LogP contribution in [-0.2, 0) is 10.9 Å². The van der Waals surface area contributed by atoms with Gasteiger partial charge in [-0.05, 0) is 36.8 Å². The first-order chi connectivity index (χ1) is 15.4. The number of carbonyl (C=O) groups excluding carboxylic acids is 1. The Bertz CT molecular complexity index is 1530. The molecule has 32 heavy (non-hydrogen) atoms.